The van der Waals surface area contributed by atoms with Crippen LogP contribution in [-0.2, 0) is 9.53 Å². The Kier molecular flexibility index (Phi) is 5.92. The molecule has 0 saturated carbocycles. The maximum atomic E-state index is 12.0. The normalized spacial score (nSPS) is 26.9. The minimum absolute atomic E-state index is 0.172. The van der Waals surface area contributed by atoms with E-state index in [0.717, 1.165) is 25.9 Å². The van der Waals surface area contributed by atoms with Gasteiger partial charge in [-0.15, -0.1) is 0 Å². The van der Waals surface area contributed by atoms with Gasteiger partial charge in [-0.3, -0.25) is 4.79 Å². The number of nitrogens with zero attached hydrogens (tertiary/aromatic N) is 1. The predicted octanol–water partition coefficient (Wildman–Crippen LogP) is 1.26. The minimum atomic E-state index is 0.172. The van der Waals surface area contributed by atoms with E-state index >= 15 is 0 Å². The van der Waals surface area contributed by atoms with Crippen LogP contribution in [0.3, 0.4) is 0 Å². The summed E-state index contributed by atoms with van der Waals surface area (Å²) in [7, 11) is 3.69. The SMILES string of the molecule is CNC1CCN(C(=O)CCC(C)OC)CC1C. The first-order valence-electron chi connectivity index (χ1n) is 6.56. The topological polar surface area (TPSA) is 41.6 Å². The molecule has 1 fully saturated rings. The average Bonchev–Trinajstić information content (AvgIpc) is 2.35. The maximum Gasteiger partial charge on any atom is 0.222 e. The van der Waals surface area contributed by atoms with Crippen LogP contribution >= 0.6 is 0 Å². The first-order chi connectivity index (χ1) is 8.08. The third-order valence-corrected chi connectivity index (χ3v) is 3.80. The van der Waals surface area contributed by atoms with Crippen LogP contribution in [0.25, 0.3) is 0 Å². The molecule has 100 valence electrons. The van der Waals surface area contributed by atoms with Crippen molar-refractivity contribution < 1.29 is 9.53 Å². The summed E-state index contributed by atoms with van der Waals surface area (Å²) < 4.78 is 5.16. The monoisotopic (exact) mass is 242 g/mol. The Morgan fingerprint density at radius 3 is 2.82 bits per heavy atom. The van der Waals surface area contributed by atoms with E-state index in [9.17, 15) is 4.79 Å². The van der Waals surface area contributed by atoms with Gasteiger partial charge in [0.15, 0.2) is 0 Å². The third kappa shape index (κ3) is 4.28. The van der Waals surface area contributed by atoms with Crippen LogP contribution in [-0.4, -0.2) is 50.2 Å². The van der Waals surface area contributed by atoms with Crippen molar-refractivity contribution in [3.63, 3.8) is 0 Å². The smallest absolute Gasteiger partial charge is 0.222 e. The van der Waals surface area contributed by atoms with Gasteiger partial charge in [-0.1, -0.05) is 6.92 Å². The zero-order chi connectivity index (χ0) is 12.8. The van der Waals surface area contributed by atoms with Gasteiger partial charge >= 0.3 is 0 Å². The lowest BCUT2D eigenvalue weighted by atomic mass is 9.94. The third-order valence-electron chi connectivity index (χ3n) is 3.80. The molecule has 1 amide bonds. The van der Waals surface area contributed by atoms with Gasteiger partial charge in [-0.05, 0) is 32.7 Å². The van der Waals surface area contributed by atoms with Crippen LogP contribution in [0, 0.1) is 5.92 Å². The highest BCUT2D eigenvalue weighted by atomic mass is 16.5. The van der Waals surface area contributed by atoms with Gasteiger partial charge in [0.1, 0.15) is 0 Å². The number of nitrogens with one attached hydrogen (secondary N) is 1. The molecule has 1 N–H and O–H groups in total. The Bertz CT molecular complexity index is 246. The van der Waals surface area contributed by atoms with Crippen molar-refractivity contribution in [2.24, 2.45) is 5.92 Å². The van der Waals surface area contributed by atoms with Gasteiger partial charge < -0.3 is 15.0 Å². The molecule has 0 aromatic heterocycles. The van der Waals surface area contributed by atoms with Crippen molar-refractivity contribution in [2.75, 3.05) is 27.2 Å². The van der Waals surface area contributed by atoms with E-state index < -0.39 is 0 Å². The highest BCUT2D eigenvalue weighted by Gasteiger charge is 2.27. The largest absolute Gasteiger partial charge is 0.382 e. The van der Waals surface area contributed by atoms with Gasteiger partial charge in [-0.25, -0.2) is 0 Å². The Morgan fingerprint density at radius 2 is 2.29 bits per heavy atom. The van der Waals surface area contributed by atoms with Crippen molar-refractivity contribution in [3.05, 3.63) is 0 Å². The molecule has 0 radical (unpaired) electrons. The van der Waals surface area contributed by atoms with Crippen LogP contribution in [0.1, 0.15) is 33.1 Å². The van der Waals surface area contributed by atoms with E-state index in [1.54, 1.807) is 7.11 Å². The number of piperidine rings is 1. The van der Waals surface area contributed by atoms with Gasteiger partial charge in [0, 0.05) is 32.7 Å². The lowest BCUT2D eigenvalue weighted by molar-refractivity contribution is -0.133. The highest BCUT2D eigenvalue weighted by molar-refractivity contribution is 5.76. The first kappa shape index (κ1) is 14.5. The number of likely N-dealkylation sites (tertiary alicyclic amines) is 1. The summed E-state index contributed by atoms with van der Waals surface area (Å²) >= 11 is 0. The minimum Gasteiger partial charge on any atom is -0.382 e. The van der Waals surface area contributed by atoms with Crippen molar-refractivity contribution in [1.29, 1.82) is 0 Å². The predicted molar refractivity (Wildman–Crippen MR) is 68.9 cm³/mol. The van der Waals surface area contributed by atoms with Crippen molar-refractivity contribution in [3.8, 4) is 0 Å². The second-order valence-corrected chi connectivity index (χ2v) is 5.09. The Balaban J connectivity index is 2.34. The van der Waals surface area contributed by atoms with Gasteiger partial charge in [0.05, 0.1) is 6.10 Å². The Morgan fingerprint density at radius 1 is 1.59 bits per heavy atom. The number of methoxy groups -OCH3 is 1. The zero-order valence-electron chi connectivity index (χ0n) is 11.5. The molecule has 0 aromatic rings. The molecule has 1 heterocycles. The molecule has 1 aliphatic rings. The average molecular weight is 242 g/mol. The van der Waals surface area contributed by atoms with E-state index in [-0.39, 0.29) is 12.0 Å². The van der Waals surface area contributed by atoms with Crippen molar-refractivity contribution >= 4 is 5.91 Å². The fourth-order valence-corrected chi connectivity index (χ4v) is 2.40. The molecule has 1 aliphatic heterocycles. The molecule has 3 atom stereocenters. The Labute approximate surface area is 105 Å². The van der Waals surface area contributed by atoms with Crippen LogP contribution in [0.5, 0.6) is 0 Å². The molecule has 0 spiro atoms. The number of hydrogen-bond donors (Lipinski definition) is 1. The molecule has 0 bridgehead atoms. The first-order valence-corrected chi connectivity index (χ1v) is 6.56. The quantitative estimate of drug-likeness (QED) is 0.789. The van der Waals surface area contributed by atoms with Crippen molar-refractivity contribution in [2.45, 2.75) is 45.3 Å². The maximum absolute atomic E-state index is 12.0. The molecule has 17 heavy (non-hydrogen) atoms. The van der Waals surface area contributed by atoms with E-state index in [1.807, 2.05) is 18.9 Å². The van der Waals surface area contributed by atoms with E-state index in [4.69, 9.17) is 4.74 Å². The highest BCUT2D eigenvalue weighted by Crippen LogP contribution is 2.17. The van der Waals surface area contributed by atoms with Crippen LogP contribution < -0.4 is 5.32 Å². The van der Waals surface area contributed by atoms with Gasteiger partial charge in [0.25, 0.3) is 0 Å². The molecule has 4 heteroatoms. The number of carbonyl (C=O) groups is 1. The lowest BCUT2D eigenvalue weighted by Gasteiger charge is -2.37. The fourth-order valence-electron chi connectivity index (χ4n) is 2.40. The second kappa shape index (κ2) is 6.97. The number of amides is 1. The summed E-state index contributed by atoms with van der Waals surface area (Å²) in [6, 6.07) is 0.553. The second-order valence-electron chi connectivity index (χ2n) is 5.09. The summed E-state index contributed by atoms with van der Waals surface area (Å²) in [5.74, 6) is 0.813. The molecule has 1 rings (SSSR count). The summed E-state index contributed by atoms with van der Waals surface area (Å²) in [5, 5.41) is 3.31. The molecule has 4 nitrogen and oxygen atoms in total. The fraction of sp³-hybridized carbons (Fsp3) is 0.923. The van der Waals surface area contributed by atoms with Crippen LogP contribution in [0.15, 0.2) is 0 Å². The van der Waals surface area contributed by atoms with E-state index in [1.165, 1.54) is 0 Å². The van der Waals surface area contributed by atoms with Gasteiger partial charge in [-0.2, -0.15) is 0 Å². The van der Waals surface area contributed by atoms with E-state index in [0.29, 0.717) is 18.4 Å². The summed E-state index contributed by atoms with van der Waals surface area (Å²) in [6.45, 7) is 5.98. The van der Waals surface area contributed by atoms with Crippen LogP contribution in [0.4, 0.5) is 0 Å². The molecule has 1 saturated heterocycles. The summed E-state index contributed by atoms with van der Waals surface area (Å²) in [6.07, 6.45) is 2.65. The summed E-state index contributed by atoms with van der Waals surface area (Å²) in [4.78, 5) is 14.0. The van der Waals surface area contributed by atoms with Gasteiger partial charge in [0.2, 0.25) is 5.91 Å². The molecule has 0 aliphatic carbocycles. The molecule has 3 unspecified atom stereocenters. The number of ether oxygens (including phenoxy) is 1. The lowest BCUT2D eigenvalue weighted by Crippen LogP contribution is -2.49. The molecule has 0 aromatic carbocycles. The molecular formula is C13H26N2O2. The summed E-state index contributed by atoms with van der Waals surface area (Å²) in [5.41, 5.74) is 0. The number of rotatable bonds is 5. The van der Waals surface area contributed by atoms with Crippen molar-refractivity contribution in [1.82, 2.24) is 10.2 Å². The standard InChI is InChI=1S/C13H26N2O2/c1-10-9-15(8-7-12(10)14-3)13(16)6-5-11(2)17-4/h10-12,14H,5-9H2,1-4H3. The number of carbonyl (C=O) groups excluding carboxylic acids is 1. The zero-order valence-corrected chi connectivity index (χ0v) is 11.5. The Hall–Kier alpha value is -0.610. The van der Waals surface area contributed by atoms with E-state index in [2.05, 4.69) is 12.2 Å². The molecular weight excluding hydrogens is 216 g/mol. The van der Waals surface area contributed by atoms with Crippen LogP contribution in [0.2, 0.25) is 0 Å². The number of hydrogen-bond acceptors (Lipinski definition) is 3.